The third-order valence-electron chi connectivity index (χ3n) is 3.82. The minimum Gasteiger partial charge on any atom is -0.478 e. The standard InChI is InChI=1S/C17H9NO3/c19-16-12-5-2-1-4-9(12)10-6-3-7-11-13(17(20)21)8-18-15(16)14(10)11/h1-8H,(H,20,21). The van der Waals surface area contributed by atoms with Crippen LogP contribution >= 0.6 is 0 Å². The zero-order valence-corrected chi connectivity index (χ0v) is 10.8. The van der Waals surface area contributed by atoms with Crippen molar-refractivity contribution < 1.29 is 14.7 Å². The number of aromatic carboxylic acids is 1. The molecule has 0 unspecified atom stereocenters. The zero-order chi connectivity index (χ0) is 14.6. The number of rotatable bonds is 1. The number of aromatic nitrogens is 1. The Balaban J connectivity index is 2.23. The van der Waals surface area contributed by atoms with E-state index in [9.17, 15) is 14.7 Å². The Bertz CT molecular complexity index is 944. The zero-order valence-electron chi connectivity index (χ0n) is 10.8. The fourth-order valence-corrected chi connectivity index (χ4v) is 2.91. The van der Waals surface area contributed by atoms with Crippen LogP contribution in [-0.2, 0) is 0 Å². The molecular formula is C17H9NO3. The first-order valence-electron chi connectivity index (χ1n) is 6.47. The quantitative estimate of drug-likeness (QED) is 0.579. The Morgan fingerprint density at radius 3 is 2.43 bits per heavy atom. The van der Waals surface area contributed by atoms with Crippen LogP contribution in [0.15, 0.2) is 48.7 Å². The smallest absolute Gasteiger partial charge is 0.337 e. The number of ketones is 1. The van der Waals surface area contributed by atoms with Gasteiger partial charge < -0.3 is 5.11 Å². The number of nitrogens with zero attached hydrogens (tertiary/aromatic N) is 1. The van der Waals surface area contributed by atoms with Crippen molar-refractivity contribution in [1.82, 2.24) is 4.98 Å². The highest BCUT2D eigenvalue weighted by Gasteiger charge is 2.27. The highest BCUT2D eigenvalue weighted by Crippen LogP contribution is 2.39. The lowest BCUT2D eigenvalue weighted by atomic mass is 9.84. The number of carboxylic acid groups (broad SMARTS) is 1. The molecule has 1 heterocycles. The van der Waals surface area contributed by atoms with Crippen molar-refractivity contribution in [2.75, 3.05) is 0 Å². The van der Waals surface area contributed by atoms with E-state index in [4.69, 9.17) is 0 Å². The number of hydrogen-bond acceptors (Lipinski definition) is 3. The predicted molar refractivity (Wildman–Crippen MR) is 77.6 cm³/mol. The highest BCUT2D eigenvalue weighted by molar-refractivity contribution is 6.26. The summed E-state index contributed by atoms with van der Waals surface area (Å²) in [5, 5.41) is 10.5. The van der Waals surface area contributed by atoms with E-state index in [1.807, 2.05) is 24.3 Å². The Kier molecular flexibility index (Phi) is 2.24. The second-order valence-corrected chi connectivity index (χ2v) is 4.93. The fraction of sp³-hybridized carbons (Fsp3) is 0. The van der Waals surface area contributed by atoms with Crippen molar-refractivity contribution in [3.05, 3.63) is 65.5 Å². The second-order valence-electron chi connectivity index (χ2n) is 4.93. The van der Waals surface area contributed by atoms with Crippen LogP contribution in [0.2, 0.25) is 0 Å². The van der Waals surface area contributed by atoms with E-state index >= 15 is 0 Å². The number of carbonyl (C=O) groups excluding carboxylic acids is 1. The van der Waals surface area contributed by atoms with Crippen LogP contribution in [-0.4, -0.2) is 21.8 Å². The van der Waals surface area contributed by atoms with E-state index in [1.165, 1.54) is 6.20 Å². The molecule has 0 amide bonds. The molecule has 4 nitrogen and oxygen atoms in total. The number of carbonyl (C=O) groups is 2. The van der Waals surface area contributed by atoms with E-state index in [1.54, 1.807) is 18.2 Å². The van der Waals surface area contributed by atoms with E-state index in [-0.39, 0.29) is 11.3 Å². The van der Waals surface area contributed by atoms with Gasteiger partial charge in [-0.2, -0.15) is 0 Å². The summed E-state index contributed by atoms with van der Waals surface area (Å²) < 4.78 is 0. The molecule has 4 heteroatoms. The number of fused-ring (bicyclic) bond motifs is 2. The van der Waals surface area contributed by atoms with E-state index in [0.29, 0.717) is 22.0 Å². The van der Waals surface area contributed by atoms with Crippen LogP contribution in [0.1, 0.15) is 26.4 Å². The normalized spacial score (nSPS) is 12.3. The van der Waals surface area contributed by atoms with Gasteiger partial charge in [-0.25, -0.2) is 4.79 Å². The third kappa shape index (κ3) is 1.47. The van der Waals surface area contributed by atoms with Gasteiger partial charge in [-0.05, 0) is 11.1 Å². The third-order valence-corrected chi connectivity index (χ3v) is 3.82. The van der Waals surface area contributed by atoms with E-state index in [2.05, 4.69) is 4.98 Å². The van der Waals surface area contributed by atoms with Gasteiger partial charge in [0.25, 0.3) is 0 Å². The molecule has 1 aliphatic carbocycles. The van der Waals surface area contributed by atoms with Gasteiger partial charge in [-0.3, -0.25) is 9.78 Å². The maximum atomic E-state index is 12.6. The molecule has 0 fully saturated rings. The van der Waals surface area contributed by atoms with Crippen LogP contribution in [0.3, 0.4) is 0 Å². The molecule has 0 saturated carbocycles. The lowest BCUT2D eigenvalue weighted by Crippen LogP contribution is -2.13. The molecule has 100 valence electrons. The molecule has 1 N–H and O–H groups in total. The molecule has 3 aromatic rings. The molecule has 21 heavy (non-hydrogen) atoms. The van der Waals surface area contributed by atoms with Crippen molar-refractivity contribution >= 4 is 22.5 Å². The summed E-state index contributed by atoms with van der Waals surface area (Å²) in [4.78, 5) is 28.0. The molecule has 1 aliphatic rings. The summed E-state index contributed by atoms with van der Waals surface area (Å²) >= 11 is 0. The molecule has 0 aliphatic heterocycles. The average molecular weight is 275 g/mol. The predicted octanol–water partition coefficient (Wildman–Crippen LogP) is 3.14. The summed E-state index contributed by atoms with van der Waals surface area (Å²) in [5.41, 5.74) is 2.72. The molecule has 0 saturated heterocycles. The Labute approximate surface area is 119 Å². The molecule has 4 rings (SSSR count). The minimum absolute atomic E-state index is 0.114. The summed E-state index contributed by atoms with van der Waals surface area (Å²) in [6.45, 7) is 0. The van der Waals surface area contributed by atoms with Gasteiger partial charge in [0.2, 0.25) is 5.78 Å². The van der Waals surface area contributed by atoms with Gasteiger partial charge >= 0.3 is 5.97 Å². The number of pyridine rings is 1. The molecule has 1 aromatic heterocycles. The fourth-order valence-electron chi connectivity index (χ4n) is 2.91. The molecule has 2 aromatic carbocycles. The minimum atomic E-state index is -1.04. The average Bonchev–Trinajstić information content (AvgIpc) is 2.51. The Morgan fingerprint density at radius 2 is 1.67 bits per heavy atom. The molecule has 0 atom stereocenters. The first-order chi connectivity index (χ1) is 10.2. The van der Waals surface area contributed by atoms with Crippen LogP contribution in [0.25, 0.3) is 21.9 Å². The van der Waals surface area contributed by atoms with Gasteiger partial charge in [0.05, 0.1) is 5.56 Å². The van der Waals surface area contributed by atoms with Crippen molar-refractivity contribution in [1.29, 1.82) is 0 Å². The lowest BCUT2D eigenvalue weighted by Gasteiger charge is -2.19. The van der Waals surface area contributed by atoms with Gasteiger partial charge in [0, 0.05) is 22.5 Å². The van der Waals surface area contributed by atoms with Crippen LogP contribution in [0.5, 0.6) is 0 Å². The topological polar surface area (TPSA) is 67.3 Å². The second kappa shape index (κ2) is 3.99. The molecular weight excluding hydrogens is 266 g/mol. The first-order valence-corrected chi connectivity index (χ1v) is 6.47. The van der Waals surface area contributed by atoms with E-state index in [0.717, 1.165) is 11.1 Å². The molecule has 0 radical (unpaired) electrons. The Morgan fingerprint density at radius 1 is 0.952 bits per heavy atom. The van der Waals surface area contributed by atoms with Gasteiger partial charge in [0.1, 0.15) is 5.69 Å². The van der Waals surface area contributed by atoms with E-state index < -0.39 is 5.97 Å². The largest absolute Gasteiger partial charge is 0.478 e. The molecule has 0 spiro atoms. The van der Waals surface area contributed by atoms with Gasteiger partial charge in [0.15, 0.2) is 0 Å². The van der Waals surface area contributed by atoms with Gasteiger partial charge in [-0.1, -0.05) is 42.5 Å². The highest BCUT2D eigenvalue weighted by atomic mass is 16.4. The Hall–Kier alpha value is -3.01. The SMILES string of the molecule is O=C(O)c1cnc2c3c(cccc13)-c1ccccc1C2=O. The monoisotopic (exact) mass is 275 g/mol. The number of hydrogen-bond donors (Lipinski definition) is 1. The number of benzene rings is 2. The van der Waals surface area contributed by atoms with Crippen molar-refractivity contribution in [3.63, 3.8) is 0 Å². The maximum Gasteiger partial charge on any atom is 0.337 e. The number of carboxylic acids is 1. The van der Waals surface area contributed by atoms with Crippen LogP contribution < -0.4 is 0 Å². The van der Waals surface area contributed by atoms with Crippen molar-refractivity contribution in [2.45, 2.75) is 0 Å². The van der Waals surface area contributed by atoms with Crippen LogP contribution in [0.4, 0.5) is 0 Å². The first kappa shape index (κ1) is 11.8. The summed E-state index contributed by atoms with van der Waals surface area (Å²) in [6, 6.07) is 12.7. The summed E-state index contributed by atoms with van der Waals surface area (Å²) in [7, 11) is 0. The van der Waals surface area contributed by atoms with Crippen LogP contribution in [0, 0.1) is 0 Å². The van der Waals surface area contributed by atoms with Gasteiger partial charge in [-0.15, -0.1) is 0 Å². The summed E-state index contributed by atoms with van der Waals surface area (Å²) in [5.74, 6) is -1.20. The molecule has 0 bridgehead atoms. The van der Waals surface area contributed by atoms with Crippen molar-refractivity contribution in [2.24, 2.45) is 0 Å². The summed E-state index contributed by atoms with van der Waals surface area (Å²) in [6.07, 6.45) is 1.26. The maximum absolute atomic E-state index is 12.6. The van der Waals surface area contributed by atoms with Crippen molar-refractivity contribution in [3.8, 4) is 11.1 Å². The lowest BCUT2D eigenvalue weighted by molar-refractivity contribution is 0.0698.